The molecule has 3 heterocycles. The second kappa shape index (κ2) is 16.1. The Kier molecular flexibility index (Phi) is 9.24. The number of nitrogens with zero attached hydrogens (tertiary/aromatic N) is 4. The second-order valence-electron chi connectivity index (χ2n) is 17.7. The molecule has 310 valence electrons. The van der Waals surface area contributed by atoms with Crippen molar-refractivity contribution < 1.29 is 7.48 Å². The van der Waals surface area contributed by atoms with E-state index in [4.69, 9.17) is 9.72 Å². The fraction of sp³-hybridized carbons (Fsp3) is 0.102. The average molecular weight is 831 g/mol. The maximum Gasteiger partial charge on any atom is 0.137 e. The first-order valence-electron chi connectivity index (χ1n) is 23.0. The molecule has 10 aromatic rings. The lowest BCUT2D eigenvalue weighted by Gasteiger charge is -2.27. The molecule has 0 unspecified atom stereocenters. The summed E-state index contributed by atoms with van der Waals surface area (Å²) in [7, 11) is 0. The van der Waals surface area contributed by atoms with E-state index in [1.807, 2.05) is 65.2 Å². The van der Waals surface area contributed by atoms with Gasteiger partial charge >= 0.3 is 0 Å². The van der Waals surface area contributed by atoms with E-state index >= 15 is 0 Å². The van der Waals surface area contributed by atoms with Gasteiger partial charge in [-0.1, -0.05) is 166 Å². The van der Waals surface area contributed by atoms with Crippen LogP contribution in [0.5, 0.6) is 11.5 Å². The molecule has 0 fully saturated rings. The Balaban J connectivity index is 0.987. The second-order valence-corrected chi connectivity index (χ2v) is 17.7. The van der Waals surface area contributed by atoms with Gasteiger partial charge in [0.05, 0.1) is 30.8 Å². The summed E-state index contributed by atoms with van der Waals surface area (Å²) in [6.07, 6.45) is 0.773. The lowest BCUT2D eigenvalue weighted by molar-refractivity contribution is 0.411. The largest absolute Gasteiger partial charge is 0.457 e. The van der Waals surface area contributed by atoms with E-state index in [1.165, 1.54) is 11.1 Å². The van der Waals surface area contributed by atoms with Crippen LogP contribution >= 0.6 is 0 Å². The molecular formula is C59H48N4O. The molecule has 64 heavy (non-hydrogen) atoms. The van der Waals surface area contributed by atoms with E-state index in [2.05, 4.69) is 170 Å². The molecule has 11 rings (SSSR count). The summed E-state index contributed by atoms with van der Waals surface area (Å²) in [6, 6.07) is 69.5. The highest BCUT2D eigenvalue weighted by Gasteiger charge is 2.31. The van der Waals surface area contributed by atoms with Crippen LogP contribution in [-0.4, -0.2) is 16.2 Å². The molecule has 0 radical (unpaired) electrons. The Morgan fingerprint density at radius 3 is 1.77 bits per heavy atom. The van der Waals surface area contributed by atoms with Crippen LogP contribution in [0.3, 0.4) is 0 Å². The molecule has 2 aromatic heterocycles. The summed E-state index contributed by atoms with van der Waals surface area (Å²) in [5, 5.41) is 2.06. The van der Waals surface area contributed by atoms with Gasteiger partial charge in [0.1, 0.15) is 24.0 Å². The molecule has 0 aliphatic carbocycles. The van der Waals surface area contributed by atoms with Crippen molar-refractivity contribution in [2.45, 2.75) is 27.2 Å². The molecular weight excluding hydrogens is 781 g/mol. The number of anilines is 4. The first-order chi connectivity index (χ1) is 32.2. The average Bonchev–Trinajstić information content (AvgIpc) is 3.89. The number of fused-ring (bicyclic) bond motifs is 4. The summed E-state index contributed by atoms with van der Waals surface area (Å²) in [4.78, 5) is 9.73. The van der Waals surface area contributed by atoms with Crippen LogP contribution in [0, 0.1) is 5.41 Å². The monoisotopic (exact) mass is 830 g/mol. The highest BCUT2D eigenvalue weighted by atomic mass is 16.5. The van der Waals surface area contributed by atoms with E-state index in [-0.39, 0.29) is 11.6 Å². The predicted molar refractivity (Wildman–Crippen MR) is 267 cm³/mol. The Hall–Kier alpha value is -7.89. The van der Waals surface area contributed by atoms with Crippen LogP contribution in [0.15, 0.2) is 212 Å². The molecule has 1 aliphatic rings. The van der Waals surface area contributed by atoms with Crippen LogP contribution in [0.1, 0.15) is 29.1 Å². The van der Waals surface area contributed by atoms with E-state index in [1.54, 1.807) is 0 Å². The predicted octanol–water partition coefficient (Wildman–Crippen LogP) is 15.8. The Labute approximate surface area is 377 Å². The number of para-hydroxylation sites is 4. The van der Waals surface area contributed by atoms with E-state index in [0.717, 1.165) is 66.8 Å². The van der Waals surface area contributed by atoms with Gasteiger partial charge in [0, 0.05) is 51.5 Å². The molecule has 5 nitrogen and oxygen atoms in total. The van der Waals surface area contributed by atoms with Gasteiger partial charge in [-0.25, -0.2) is 4.98 Å². The van der Waals surface area contributed by atoms with Gasteiger partial charge in [-0.15, -0.1) is 0 Å². The van der Waals surface area contributed by atoms with Gasteiger partial charge in [0.25, 0.3) is 0 Å². The number of pyridine rings is 1. The molecule has 8 aromatic carbocycles. The normalized spacial score (nSPS) is 13.0. The van der Waals surface area contributed by atoms with Crippen molar-refractivity contribution >= 4 is 44.6 Å². The fourth-order valence-corrected chi connectivity index (χ4v) is 9.27. The smallest absolute Gasteiger partial charge is 0.137 e. The number of hydrogen-bond acceptors (Lipinski definition) is 4. The topological polar surface area (TPSA) is 33.5 Å². The molecule has 0 atom stereocenters. The highest BCUT2D eigenvalue weighted by Crippen LogP contribution is 2.50. The molecule has 5 heteroatoms. The first-order valence-corrected chi connectivity index (χ1v) is 22.0. The summed E-state index contributed by atoms with van der Waals surface area (Å²) >= 11 is 0. The van der Waals surface area contributed by atoms with E-state index < -0.39 is 0 Å². The number of hydrogen-bond donors (Lipinski definition) is 0. The van der Waals surface area contributed by atoms with Crippen LogP contribution in [0.4, 0.5) is 22.7 Å². The van der Waals surface area contributed by atoms with Gasteiger partial charge in [-0.05, 0) is 82.6 Å². The third kappa shape index (κ3) is 7.25. The van der Waals surface area contributed by atoms with E-state index in [9.17, 15) is 2.74 Å². The number of rotatable bonds is 9. The van der Waals surface area contributed by atoms with Gasteiger partial charge in [0.2, 0.25) is 0 Å². The molecule has 0 bridgehead atoms. The van der Waals surface area contributed by atoms with Crippen molar-refractivity contribution in [3.63, 3.8) is 0 Å². The number of aromatic nitrogens is 2. The van der Waals surface area contributed by atoms with Crippen LogP contribution in [-0.2, 0) is 6.42 Å². The molecule has 0 saturated carbocycles. The standard InChI is InChI=1S/C59H48N4O/c1-59(2,3)38-44-35-57(60-39-52(44)43-23-11-6-12-24-43)63-53-30-14-13-27-50(53)51-34-33-47(37-56(51)63)64-46-26-17-25-45(36-46)61-40-62(55-32-16-15-31-54(55)61)58-48(41-19-7-4-8-20-41)28-18-29-49(58)42-21-9-5-10-22-42/h4-37,39H,38,40H2,1-3H3/i35D,39D. The van der Waals surface area contributed by atoms with Crippen molar-refractivity contribution in [3.8, 4) is 50.7 Å². The first kappa shape index (κ1) is 36.7. The van der Waals surface area contributed by atoms with Crippen LogP contribution in [0.2, 0.25) is 0 Å². The third-order valence-electron chi connectivity index (χ3n) is 12.1. The van der Waals surface area contributed by atoms with Crippen molar-refractivity contribution in [1.82, 2.24) is 9.55 Å². The Bertz CT molecular complexity index is 3360. The maximum atomic E-state index is 9.80. The minimum absolute atomic E-state index is 0.131. The van der Waals surface area contributed by atoms with Crippen molar-refractivity contribution in [1.29, 1.82) is 0 Å². The molecule has 1 aliphatic heterocycles. The number of ether oxygens (including phenoxy) is 1. The van der Waals surface area contributed by atoms with Crippen LogP contribution < -0.4 is 14.5 Å². The SMILES string of the molecule is [2H]c1nc(-n2c3ccccc3c3ccc(Oc4cccc(N5CN(c6c(-c7ccccc7)cccc6-c6ccccc6)c6ccccc65)c4)cc32)c([2H])c(CC(C)(C)C)c1-c1ccccc1. The minimum Gasteiger partial charge on any atom is -0.457 e. The third-order valence-corrected chi connectivity index (χ3v) is 12.1. The summed E-state index contributed by atoms with van der Waals surface area (Å²) in [6.45, 7) is 7.12. The van der Waals surface area contributed by atoms with Crippen molar-refractivity contribution in [3.05, 3.63) is 218 Å². The summed E-state index contributed by atoms with van der Waals surface area (Å²) in [5.74, 6) is 1.79. The molecule has 0 N–H and O–H groups in total. The maximum absolute atomic E-state index is 9.80. The van der Waals surface area contributed by atoms with Crippen LogP contribution in [0.25, 0.3) is 61.0 Å². The minimum atomic E-state index is -0.131. The van der Waals surface area contributed by atoms with E-state index in [0.29, 0.717) is 42.0 Å². The lowest BCUT2D eigenvalue weighted by Crippen LogP contribution is -2.24. The quantitative estimate of drug-likeness (QED) is 0.145. The lowest BCUT2D eigenvalue weighted by atomic mass is 9.85. The zero-order valence-corrected chi connectivity index (χ0v) is 36.2. The highest BCUT2D eigenvalue weighted by molar-refractivity contribution is 6.09. The molecule has 0 saturated heterocycles. The van der Waals surface area contributed by atoms with Gasteiger partial charge in [-0.2, -0.15) is 0 Å². The van der Waals surface area contributed by atoms with Crippen molar-refractivity contribution in [2.24, 2.45) is 5.41 Å². The van der Waals surface area contributed by atoms with Gasteiger partial charge < -0.3 is 14.5 Å². The Morgan fingerprint density at radius 2 is 1.09 bits per heavy atom. The zero-order valence-electron chi connectivity index (χ0n) is 38.2. The Morgan fingerprint density at radius 1 is 0.531 bits per heavy atom. The summed E-state index contributed by atoms with van der Waals surface area (Å²) in [5.41, 5.74) is 13.1. The fourth-order valence-electron chi connectivity index (χ4n) is 9.27. The zero-order chi connectivity index (χ0) is 44.9. The summed E-state index contributed by atoms with van der Waals surface area (Å²) < 4.78 is 28.0. The van der Waals surface area contributed by atoms with Gasteiger partial charge in [0.15, 0.2) is 0 Å². The number of benzene rings is 8. The van der Waals surface area contributed by atoms with Gasteiger partial charge in [-0.3, -0.25) is 4.57 Å². The molecule has 0 amide bonds. The van der Waals surface area contributed by atoms with Crippen molar-refractivity contribution in [2.75, 3.05) is 16.5 Å². The molecule has 0 spiro atoms.